The zero-order chi connectivity index (χ0) is 23.5. The molecule has 0 spiro atoms. The van der Waals surface area contributed by atoms with Crippen LogP contribution in [0.4, 0.5) is 10.6 Å². The van der Waals surface area contributed by atoms with Crippen molar-refractivity contribution in [3.8, 4) is 11.1 Å². The van der Waals surface area contributed by atoms with Crippen molar-refractivity contribution in [2.75, 3.05) is 11.9 Å². The normalized spacial score (nSPS) is 13.2. The van der Waals surface area contributed by atoms with Crippen molar-refractivity contribution < 1.29 is 24.2 Å². The summed E-state index contributed by atoms with van der Waals surface area (Å²) in [5.41, 5.74) is 4.49. The first-order chi connectivity index (χ1) is 15.8. The summed E-state index contributed by atoms with van der Waals surface area (Å²) in [4.78, 5) is 35.9. The van der Waals surface area contributed by atoms with Crippen molar-refractivity contribution in [3.63, 3.8) is 0 Å². The van der Waals surface area contributed by atoms with E-state index in [9.17, 15) is 19.5 Å². The first-order valence-corrected chi connectivity index (χ1v) is 10.6. The summed E-state index contributed by atoms with van der Waals surface area (Å²) in [6, 6.07) is 16.3. The van der Waals surface area contributed by atoms with Crippen molar-refractivity contribution in [1.29, 1.82) is 0 Å². The number of aliphatic carboxylic acids is 1. The van der Waals surface area contributed by atoms with Gasteiger partial charge in [0, 0.05) is 12.0 Å². The number of nitrogens with one attached hydrogen (secondary N) is 3. The predicted octanol–water partition coefficient (Wildman–Crippen LogP) is 3.61. The number of carbonyl (C=O) groups excluding carboxylic acids is 2. The second kappa shape index (κ2) is 9.15. The number of carbonyl (C=O) groups is 3. The van der Waals surface area contributed by atoms with Crippen LogP contribution < -0.4 is 10.6 Å². The van der Waals surface area contributed by atoms with E-state index >= 15 is 0 Å². The summed E-state index contributed by atoms with van der Waals surface area (Å²) in [7, 11) is 0. The number of aromatic nitrogens is 2. The molecule has 1 heterocycles. The Labute approximate surface area is 190 Å². The fourth-order valence-corrected chi connectivity index (χ4v) is 3.97. The highest BCUT2D eigenvalue weighted by atomic mass is 16.5. The highest BCUT2D eigenvalue weighted by Crippen LogP contribution is 2.44. The number of rotatable bonds is 7. The lowest BCUT2D eigenvalue weighted by Gasteiger charge is -2.17. The minimum absolute atomic E-state index is 0.0239. The molecule has 170 valence electrons. The third-order valence-electron chi connectivity index (χ3n) is 5.62. The molecular weight excluding hydrogens is 424 g/mol. The molecule has 0 fully saturated rings. The molecule has 4 N–H and O–H groups in total. The molecule has 0 aliphatic heterocycles. The average molecular weight is 448 g/mol. The van der Waals surface area contributed by atoms with Gasteiger partial charge < -0.3 is 15.2 Å². The van der Waals surface area contributed by atoms with Gasteiger partial charge in [0.05, 0.1) is 0 Å². The van der Waals surface area contributed by atoms with Crippen LogP contribution in [-0.4, -0.2) is 45.9 Å². The molecule has 1 atom stereocenters. The predicted molar refractivity (Wildman–Crippen MR) is 121 cm³/mol. The van der Waals surface area contributed by atoms with Crippen LogP contribution in [-0.2, 0) is 9.53 Å². The molecule has 0 unspecified atom stereocenters. The van der Waals surface area contributed by atoms with Crippen LogP contribution in [0.1, 0.15) is 41.4 Å². The van der Waals surface area contributed by atoms with Crippen LogP contribution in [0.25, 0.3) is 11.1 Å². The fourth-order valence-electron chi connectivity index (χ4n) is 3.97. The maximum Gasteiger partial charge on any atom is 0.412 e. The van der Waals surface area contributed by atoms with Crippen molar-refractivity contribution in [3.05, 3.63) is 71.4 Å². The molecule has 9 heteroatoms. The molecule has 0 bridgehead atoms. The lowest BCUT2D eigenvalue weighted by atomic mass is 9.98. The van der Waals surface area contributed by atoms with Gasteiger partial charge in [-0.2, -0.15) is 5.10 Å². The van der Waals surface area contributed by atoms with Crippen molar-refractivity contribution in [2.45, 2.75) is 25.8 Å². The number of carboxylic acids is 1. The Hall–Kier alpha value is -4.14. The van der Waals surface area contributed by atoms with E-state index in [0.29, 0.717) is 0 Å². The summed E-state index contributed by atoms with van der Waals surface area (Å²) in [5.74, 6) is -2.05. The highest BCUT2D eigenvalue weighted by Gasteiger charge is 2.29. The molecule has 3 aromatic rings. The molecule has 33 heavy (non-hydrogen) atoms. The maximum atomic E-state index is 12.4. The summed E-state index contributed by atoms with van der Waals surface area (Å²) >= 11 is 0. The Balaban J connectivity index is 1.37. The number of nitrogens with zero attached hydrogens (tertiary/aromatic N) is 1. The van der Waals surface area contributed by atoms with Crippen LogP contribution >= 0.6 is 0 Å². The zero-order valence-electron chi connectivity index (χ0n) is 18.2. The number of H-pyrrole nitrogens is 1. The molecule has 0 saturated carbocycles. The molecule has 2 amide bonds. The third-order valence-corrected chi connectivity index (χ3v) is 5.62. The number of hydrogen-bond acceptors (Lipinski definition) is 5. The lowest BCUT2D eigenvalue weighted by Crippen LogP contribution is -2.44. The quantitative estimate of drug-likeness (QED) is 0.436. The Morgan fingerprint density at radius 2 is 1.67 bits per heavy atom. The van der Waals surface area contributed by atoms with E-state index < -0.39 is 24.0 Å². The summed E-state index contributed by atoms with van der Waals surface area (Å²) < 4.78 is 5.46. The zero-order valence-corrected chi connectivity index (χ0v) is 18.2. The van der Waals surface area contributed by atoms with Crippen molar-refractivity contribution >= 4 is 23.8 Å². The smallest absolute Gasteiger partial charge is 0.412 e. The van der Waals surface area contributed by atoms with E-state index in [1.807, 2.05) is 36.4 Å². The highest BCUT2D eigenvalue weighted by molar-refractivity contribution is 5.96. The van der Waals surface area contributed by atoms with E-state index in [1.54, 1.807) is 13.8 Å². The van der Waals surface area contributed by atoms with Crippen LogP contribution in [0.15, 0.2) is 54.6 Å². The molecule has 2 aromatic carbocycles. The number of aromatic amines is 1. The molecule has 0 saturated heterocycles. The maximum absolute atomic E-state index is 12.4. The molecule has 0 radical (unpaired) electrons. The summed E-state index contributed by atoms with van der Waals surface area (Å²) in [5, 5.41) is 20.5. The largest absolute Gasteiger partial charge is 0.480 e. The van der Waals surface area contributed by atoms with Gasteiger partial charge in [-0.1, -0.05) is 62.4 Å². The number of hydrogen-bond donors (Lipinski definition) is 4. The molecule has 1 aliphatic rings. The Kier molecular flexibility index (Phi) is 6.12. The molecular formula is C24H24N4O5. The van der Waals surface area contributed by atoms with Gasteiger partial charge in [-0.05, 0) is 28.2 Å². The van der Waals surface area contributed by atoms with Crippen molar-refractivity contribution in [2.24, 2.45) is 5.92 Å². The van der Waals surface area contributed by atoms with Gasteiger partial charge in [0.15, 0.2) is 5.82 Å². The van der Waals surface area contributed by atoms with Gasteiger partial charge in [0.25, 0.3) is 5.91 Å². The summed E-state index contributed by atoms with van der Waals surface area (Å²) in [6.07, 6.45) is -0.707. The standard InChI is InChI=1S/C24H24N4O5/c1-13(2)21(23(30)31)26-22(29)19-11-20(28-27-19)25-24(32)33-12-18-16-9-5-3-7-14(16)15-8-4-6-10-17(15)18/h3-11,13,18,21H,12H2,1-2H3,(H,26,29)(H,30,31)(H2,25,27,28,32)/t21-/m1/s1. The number of fused-ring (bicyclic) bond motifs is 3. The minimum atomic E-state index is -1.13. The fraction of sp³-hybridized carbons (Fsp3) is 0.250. The number of ether oxygens (including phenoxy) is 1. The van der Waals surface area contributed by atoms with Crippen LogP contribution in [0, 0.1) is 5.92 Å². The molecule has 1 aromatic heterocycles. The molecule has 4 rings (SSSR count). The second-order valence-electron chi connectivity index (χ2n) is 8.15. The Morgan fingerprint density at radius 3 is 2.24 bits per heavy atom. The first kappa shape index (κ1) is 22.1. The van der Waals surface area contributed by atoms with Gasteiger partial charge in [-0.15, -0.1) is 0 Å². The Bertz CT molecular complexity index is 1160. The van der Waals surface area contributed by atoms with E-state index in [2.05, 4.69) is 33.0 Å². The SMILES string of the molecule is CC(C)[C@@H](NC(=O)c1cc(NC(=O)OCC2c3ccccc3-c3ccccc32)n[nH]1)C(=O)O. The van der Waals surface area contributed by atoms with Crippen LogP contribution in [0.2, 0.25) is 0 Å². The molecule has 1 aliphatic carbocycles. The van der Waals surface area contributed by atoms with E-state index in [4.69, 9.17) is 4.74 Å². The lowest BCUT2D eigenvalue weighted by molar-refractivity contribution is -0.140. The average Bonchev–Trinajstić information content (AvgIpc) is 3.38. The second-order valence-corrected chi connectivity index (χ2v) is 8.15. The van der Waals surface area contributed by atoms with Gasteiger partial charge in [0.2, 0.25) is 0 Å². The number of anilines is 1. The Morgan fingerprint density at radius 1 is 1.06 bits per heavy atom. The van der Waals surface area contributed by atoms with Gasteiger partial charge in [-0.3, -0.25) is 15.2 Å². The summed E-state index contributed by atoms with van der Waals surface area (Å²) in [6.45, 7) is 3.53. The number of benzene rings is 2. The van der Waals surface area contributed by atoms with Gasteiger partial charge in [0.1, 0.15) is 18.3 Å². The number of carboxylic acid groups (broad SMARTS) is 1. The van der Waals surface area contributed by atoms with E-state index in [-0.39, 0.29) is 30.0 Å². The third kappa shape index (κ3) is 4.57. The van der Waals surface area contributed by atoms with E-state index in [1.165, 1.54) is 6.07 Å². The monoisotopic (exact) mass is 448 g/mol. The minimum Gasteiger partial charge on any atom is -0.480 e. The van der Waals surface area contributed by atoms with Crippen molar-refractivity contribution in [1.82, 2.24) is 15.5 Å². The van der Waals surface area contributed by atoms with Crippen LogP contribution in [0.5, 0.6) is 0 Å². The van der Waals surface area contributed by atoms with E-state index in [0.717, 1.165) is 22.3 Å². The topological polar surface area (TPSA) is 133 Å². The van der Waals surface area contributed by atoms with Gasteiger partial charge >= 0.3 is 12.1 Å². The van der Waals surface area contributed by atoms with Gasteiger partial charge in [-0.25, -0.2) is 9.59 Å². The van der Waals surface area contributed by atoms with Crippen LogP contribution in [0.3, 0.4) is 0 Å². The number of amides is 2. The molecule has 9 nitrogen and oxygen atoms in total. The first-order valence-electron chi connectivity index (χ1n) is 10.6.